The van der Waals surface area contributed by atoms with Gasteiger partial charge in [-0.1, -0.05) is 0 Å². The molecule has 1 heterocycles. The van der Waals surface area contributed by atoms with Crippen molar-refractivity contribution in [1.29, 1.82) is 0 Å². The van der Waals surface area contributed by atoms with E-state index in [2.05, 4.69) is 25.7 Å². The summed E-state index contributed by atoms with van der Waals surface area (Å²) in [5, 5.41) is 0. The van der Waals surface area contributed by atoms with Crippen LogP contribution in [0.3, 0.4) is 0 Å². The van der Waals surface area contributed by atoms with Gasteiger partial charge in [0.15, 0.2) is 11.5 Å². The monoisotopic (exact) mass is 342 g/mol. The minimum atomic E-state index is -3.52. The van der Waals surface area contributed by atoms with E-state index in [9.17, 15) is 8.42 Å². The average molecular weight is 342 g/mol. The lowest BCUT2D eigenvalue weighted by molar-refractivity contribution is 0.0922. The molecule has 0 N–H and O–H groups in total. The van der Waals surface area contributed by atoms with E-state index in [0.29, 0.717) is 24.6 Å². The third-order valence-electron chi connectivity index (χ3n) is 4.18. The molecule has 0 aliphatic carbocycles. The number of hydrogen-bond acceptors (Lipinski definition) is 5. The van der Waals surface area contributed by atoms with Crippen LogP contribution in [-0.4, -0.2) is 63.6 Å². The summed E-state index contributed by atoms with van der Waals surface area (Å²) in [4.78, 5) is 2.53. The van der Waals surface area contributed by atoms with Crippen molar-refractivity contribution >= 4 is 10.0 Å². The summed E-state index contributed by atoms with van der Waals surface area (Å²) < 4.78 is 37.5. The van der Waals surface area contributed by atoms with Crippen LogP contribution >= 0.6 is 0 Å². The van der Waals surface area contributed by atoms with Gasteiger partial charge in [0.2, 0.25) is 10.0 Å². The zero-order chi connectivity index (χ0) is 17.3. The maximum atomic E-state index is 12.8. The molecule has 1 fully saturated rings. The Morgan fingerprint density at radius 2 is 1.52 bits per heavy atom. The number of piperazine rings is 1. The number of hydrogen-bond donors (Lipinski definition) is 0. The van der Waals surface area contributed by atoms with Crippen LogP contribution in [0.4, 0.5) is 0 Å². The number of benzene rings is 1. The molecule has 6 nitrogen and oxygen atoms in total. The first-order valence-electron chi connectivity index (χ1n) is 7.67. The minimum Gasteiger partial charge on any atom is -0.493 e. The van der Waals surface area contributed by atoms with Crippen LogP contribution in [0.5, 0.6) is 11.5 Å². The highest BCUT2D eigenvalue weighted by atomic mass is 32.2. The van der Waals surface area contributed by atoms with Gasteiger partial charge in [0.25, 0.3) is 0 Å². The van der Waals surface area contributed by atoms with Crippen LogP contribution in [0.15, 0.2) is 23.1 Å². The van der Waals surface area contributed by atoms with Crippen molar-refractivity contribution in [2.24, 2.45) is 0 Å². The van der Waals surface area contributed by atoms with Crippen molar-refractivity contribution in [2.75, 3.05) is 40.4 Å². The fourth-order valence-corrected chi connectivity index (χ4v) is 4.16. The van der Waals surface area contributed by atoms with E-state index in [1.54, 1.807) is 12.1 Å². The zero-order valence-corrected chi connectivity index (χ0v) is 15.3. The van der Waals surface area contributed by atoms with E-state index < -0.39 is 10.0 Å². The van der Waals surface area contributed by atoms with Crippen LogP contribution in [0.2, 0.25) is 0 Å². The largest absolute Gasteiger partial charge is 0.493 e. The number of rotatable bonds is 4. The van der Waals surface area contributed by atoms with Gasteiger partial charge in [0.1, 0.15) is 0 Å². The molecular weight excluding hydrogens is 316 g/mol. The maximum absolute atomic E-state index is 12.8. The van der Waals surface area contributed by atoms with Gasteiger partial charge < -0.3 is 9.47 Å². The molecule has 1 aromatic carbocycles. The van der Waals surface area contributed by atoms with Gasteiger partial charge >= 0.3 is 0 Å². The van der Waals surface area contributed by atoms with Gasteiger partial charge in [-0.2, -0.15) is 4.31 Å². The van der Waals surface area contributed by atoms with Gasteiger partial charge in [-0.3, -0.25) is 4.90 Å². The first-order valence-corrected chi connectivity index (χ1v) is 9.11. The smallest absolute Gasteiger partial charge is 0.243 e. The molecule has 1 aliphatic heterocycles. The molecule has 0 aromatic heterocycles. The normalized spacial score (nSPS) is 18.0. The van der Waals surface area contributed by atoms with E-state index in [1.165, 1.54) is 24.6 Å². The maximum Gasteiger partial charge on any atom is 0.243 e. The molecule has 1 aromatic rings. The van der Waals surface area contributed by atoms with E-state index in [-0.39, 0.29) is 10.4 Å². The molecule has 23 heavy (non-hydrogen) atoms. The molecule has 2 rings (SSSR count). The Balaban J connectivity index is 2.20. The molecule has 0 radical (unpaired) electrons. The van der Waals surface area contributed by atoms with Gasteiger partial charge in [-0.25, -0.2) is 8.42 Å². The molecule has 1 saturated heterocycles. The van der Waals surface area contributed by atoms with Gasteiger partial charge in [0, 0.05) is 37.8 Å². The Morgan fingerprint density at radius 1 is 0.957 bits per heavy atom. The Morgan fingerprint density at radius 3 is 2.00 bits per heavy atom. The molecule has 0 spiro atoms. The summed E-state index contributed by atoms with van der Waals surface area (Å²) in [6.45, 7) is 8.89. The highest BCUT2D eigenvalue weighted by Gasteiger charge is 2.32. The number of methoxy groups -OCH3 is 2. The second kappa shape index (κ2) is 6.67. The predicted molar refractivity (Wildman–Crippen MR) is 89.6 cm³/mol. The molecule has 1 aliphatic rings. The molecule has 7 heteroatoms. The van der Waals surface area contributed by atoms with Crippen molar-refractivity contribution < 1.29 is 17.9 Å². The molecule has 0 bridgehead atoms. The van der Waals surface area contributed by atoms with Crippen LogP contribution in [0.25, 0.3) is 0 Å². The molecule has 0 amide bonds. The molecule has 130 valence electrons. The summed E-state index contributed by atoms with van der Waals surface area (Å²) >= 11 is 0. The minimum absolute atomic E-state index is 0.0547. The van der Waals surface area contributed by atoms with E-state index in [0.717, 1.165) is 13.1 Å². The highest BCUT2D eigenvalue weighted by molar-refractivity contribution is 7.89. The first kappa shape index (κ1) is 18.0. The summed E-state index contributed by atoms with van der Waals surface area (Å²) in [7, 11) is -0.495. The molecule has 0 saturated carbocycles. The third-order valence-corrected chi connectivity index (χ3v) is 6.07. The fourth-order valence-electron chi connectivity index (χ4n) is 2.73. The second-order valence-electron chi connectivity index (χ2n) is 6.58. The summed E-state index contributed by atoms with van der Waals surface area (Å²) in [6.07, 6.45) is 0. The number of sulfonamides is 1. The second-order valence-corrected chi connectivity index (χ2v) is 8.52. The Kier molecular flexibility index (Phi) is 5.23. The van der Waals surface area contributed by atoms with Crippen molar-refractivity contribution in [2.45, 2.75) is 31.2 Å². The van der Waals surface area contributed by atoms with Gasteiger partial charge in [-0.15, -0.1) is 0 Å². The quantitative estimate of drug-likeness (QED) is 0.835. The summed E-state index contributed by atoms with van der Waals surface area (Å²) in [6, 6.07) is 4.70. The van der Waals surface area contributed by atoms with Crippen molar-refractivity contribution in [1.82, 2.24) is 9.21 Å². The van der Waals surface area contributed by atoms with Gasteiger partial charge in [0.05, 0.1) is 19.1 Å². The molecular formula is C16H26N2O4S. The third kappa shape index (κ3) is 3.79. The Hall–Kier alpha value is -1.31. The predicted octanol–water partition coefficient (Wildman–Crippen LogP) is 1.81. The highest BCUT2D eigenvalue weighted by Crippen LogP contribution is 2.31. The van der Waals surface area contributed by atoms with Crippen LogP contribution in [0, 0.1) is 0 Å². The van der Waals surface area contributed by atoms with Crippen LogP contribution < -0.4 is 9.47 Å². The fraction of sp³-hybridized carbons (Fsp3) is 0.625. The van der Waals surface area contributed by atoms with E-state index in [4.69, 9.17) is 9.47 Å². The van der Waals surface area contributed by atoms with Crippen molar-refractivity contribution in [3.05, 3.63) is 18.2 Å². The van der Waals surface area contributed by atoms with Gasteiger partial charge in [-0.05, 0) is 32.9 Å². The lowest BCUT2D eigenvalue weighted by Gasteiger charge is -2.41. The summed E-state index contributed by atoms with van der Waals surface area (Å²) in [5.74, 6) is 0.936. The van der Waals surface area contributed by atoms with E-state index in [1.807, 2.05) is 0 Å². The molecule has 0 atom stereocenters. The Bertz CT molecular complexity index is 645. The van der Waals surface area contributed by atoms with E-state index >= 15 is 0 Å². The zero-order valence-electron chi connectivity index (χ0n) is 14.5. The number of nitrogens with zero attached hydrogens (tertiary/aromatic N) is 2. The lowest BCUT2D eigenvalue weighted by atomic mass is 10.1. The van der Waals surface area contributed by atoms with Crippen LogP contribution in [0.1, 0.15) is 20.8 Å². The summed E-state index contributed by atoms with van der Waals surface area (Å²) in [5.41, 5.74) is 0.0547. The number of ether oxygens (including phenoxy) is 2. The topological polar surface area (TPSA) is 59.1 Å². The SMILES string of the molecule is COc1ccc(S(=O)(=O)N2CCN(C(C)(C)C)CC2)cc1OC. The lowest BCUT2D eigenvalue weighted by Crippen LogP contribution is -2.54. The first-order chi connectivity index (χ1) is 10.7. The van der Waals surface area contributed by atoms with Crippen LogP contribution in [-0.2, 0) is 10.0 Å². The average Bonchev–Trinajstić information content (AvgIpc) is 2.53. The van der Waals surface area contributed by atoms with Crippen molar-refractivity contribution in [3.63, 3.8) is 0 Å². The van der Waals surface area contributed by atoms with Crippen molar-refractivity contribution in [3.8, 4) is 11.5 Å². The standard InChI is InChI=1S/C16H26N2O4S/c1-16(2,3)17-8-10-18(11-9-17)23(19,20)13-6-7-14(21-4)15(12-13)22-5/h6-7,12H,8-11H2,1-5H3. The molecule has 0 unspecified atom stereocenters. The Labute approximate surface area is 139 Å².